The zero-order chi connectivity index (χ0) is 17.1. The van der Waals surface area contributed by atoms with Crippen LogP contribution in [0.4, 0.5) is 0 Å². The molecule has 0 fully saturated rings. The number of aldehydes is 2. The first-order chi connectivity index (χ1) is 11.7. The maximum Gasteiger partial charge on any atom is 0.161 e. The Labute approximate surface area is 140 Å². The predicted molar refractivity (Wildman–Crippen MR) is 94.6 cm³/mol. The van der Waals surface area contributed by atoms with Crippen molar-refractivity contribution in [3.63, 3.8) is 0 Å². The number of rotatable bonds is 4. The van der Waals surface area contributed by atoms with E-state index in [0.717, 1.165) is 22.3 Å². The van der Waals surface area contributed by atoms with Gasteiger partial charge in [-0.05, 0) is 46.5 Å². The van der Waals surface area contributed by atoms with Gasteiger partial charge >= 0.3 is 0 Å². The van der Waals surface area contributed by atoms with Gasteiger partial charge in [0.2, 0.25) is 0 Å². The Balaban J connectivity index is 2.16. The Morgan fingerprint density at radius 1 is 0.625 bits per heavy atom. The summed E-state index contributed by atoms with van der Waals surface area (Å²) in [7, 11) is 3.19. The van der Waals surface area contributed by atoms with Gasteiger partial charge in [-0.15, -0.1) is 0 Å². The van der Waals surface area contributed by atoms with Crippen LogP contribution in [-0.2, 0) is 0 Å². The number of methoxy groups -OCH3 is 2. The highest BCUT2D eigenvalue weighted by molar-refractivity contribution is 5.95. The molecule has 0 aromatic heterocycles. The number of carbonyl (C=O) groups is 2. The van der Waals surface area contributed by atoms with E-state index in [1.165, 1.54) is 0 Å². The zero-order valence-corrected chi connectivity index (χ0v) is 13.4. The van der Waals surface area contributed by atoms with Crippen molar-refractivity contribution in [2.45, 2.75) is 0 Å². The molecule has 0 N–H and O–H groups in total. The van der Waals surface area contributed by atoms with E-state index in [4.69, 9.17) is 9.47 Å². The van der Waals surface area contributed by atoms with Crippen molar-refractivity contribution in [1.29, 1.82) is 0 Å². The monoisotopic (exact) mass is 320 g/mol. The van der Waals surface area contributed by atoms with Crippen LogP contribution in [0.5, 0.6) is 11.5 Å². The highest BCUT2D eigenvalue weighted by Crippen LogP contribution is 2.34. The third kappa shape index (κ3) is 2.74. The lowest BCUT2D eigenvalue weighted by atomic mass is 9.94. The van der Waals surface area contributed by atoms with Gasteiger partial charge in [0.05, 0.1) is 14.2 Å². The van der Waals surface area contributed by atoms with Gasteiger partial charge in [-0.1, -0.05) is 24.3 Å². The summed E-state index contributed by atoms with van der Waals surface area (Å²) in [5.41, 5.74) is 4.46. The summed E-state index contributed by atoms with van der Waals surface area (Å²) in [6.45, 7) is 0. The number of benzene rings is 2. The van der Waals surface area contributed by atoms with E-state index >= 15 is 0 Å². The molecule has 1 aliphatic carbocycles. The van der Waals surface area contributed by atoms with Gasteiger partial charge in [0.15, 0.2) is 24.1 Å². The summed E-state index contributed by atoms with van der Waals surface area (Å²) >= 11 is 0. The summed E-state index contributed by atoms with van der Waals surface area (Å²) in [6.07, 6.45) is 9.14. The molecule has 24 heavy (non-hydrogen) atoms. The van der Waals surface area contributed by atoms with Gasteiger partial charge in [0.25, 0.3) is 0 Å². The first kappa shape index (κ1) is 15.7. The topological polar surface area (TPSA) is 52.6 Å². The molecule has 120 valence electrons. The first-order valence-corrected chi connectivity index (χ1v) is 7.40. The molecule has 0 atom stereocenters. The molecule has 0 unspecified atom stereocenters. The Morgan fingerprint density at radius 2 is 0.958 bits per heavy atom. The number of hydrogen-bond donors (Lipinski definition) is 0. The number of ether oxygens (including phenoxy) is 2. The first-order valence-electron chi connectivity index (χ1n) is 7.40. The van der Waals surface area contributed by atoms with Gasteiger partial charge in [0.1, 0.15) is 0 Å². The summed E-state index contributed by atoms with van der Waals surface area (Å²) in [6, 6.07) is 7.25. The summed E-state index contributed by atoms with van der Waals surface area (Å²) in [5.74, 6) is 1.31. The molecule has 0 spiro atoms. The van der Waals surface area contributed by atoms with E-state index in [-0.39, 0.29) is 0 Å². The van der Waals surface area contributed by atoms with E-state index < -0.39 is 0 Å². The average Bonchev–Trinajstić information content (AvgIpc) is 2.62. The van der Waals surface area contributed by atoms with Crippen LogP contribution in [0.1, 0.15) is 43.0 Å². The Hall–Kier alpha value is -3.14. The molecule has 0 amide bonds. The second kappa shape index (κ2) is 6.54. The lowest BCUT2D eigenvalue weighted by Gasteiger charge is -2.13. The molecule has 0 aliphatic heterocycles. The van der Waals surface area contributed by atoms with Crippen molar-refractivity contribution < 1.29 is 19.1 Å². The van der Waals surface area contributed by atoms with Crippen molar-refractivity contribution in [2.24, 2.45) is 0 Å². The van der Waals surface area contributed by atoms with Crippen LogP contribution < -0.4 is 9.47 Å². The van der Waals surface area contributed by atoms with Gasteiger partial charge < -0.3 is 9.47 Å². The third-order valence-corrected chi connectivity index (χ3v) is 4.02. The van der Waals surface area contributed by atoms with E-state index in [9.17, 15) is 9.59 Å². The normalized spacial score (nSPS) is 14.4. The van der Waals surface area contributed by atoms with Gasteiger partial charge in [-0.2, -0.15) is 0 Å². The highest BCUT2D eigenvalue weighted by Gasteiger charge is 2.11. The summed E-state index contributed by atoms with van der Waals surface area (Å²) in [4.78, 5) is 22.3. The molecule has 0 saturated carbocycles. The van der Waals surface area contributed by atoms with Crippen LogP contribution >= 0.6 is 0 Å². The smallest absolute Gasteiger partial charge is 0.161 e. The van der Waals surface area contributed by atoms with Crippen molar-refractivity contribution in [1.82, 2.24) is 0 Å². The van der Waals surface area contributed by atoms with Crippen molar-refractivity contribution in [3.8, 4) is 11.5 Å². The van der Waals surface area contributed by atoms with Crippen molar-refractivity contribution in [2.75, 3.05) is 14.2 Å². The summed E-state index contributed by atoms with van der Waals surface area (Å²) < 4.78 is 10.7. The standard InChI is InChI=1S/C20H16O4/c1-23-19-9-15-5-3-13-7-17(11-21)18(12-22)8-14(13)4-6-16(15)10-20(19)24-2/h3-12H,1-2H3/b5-3-,6-4-,13-3?,14-4?,15-5?,16-6?. The largest absolute Gasteiger partial charge is 0.493 e. The van der Waals surface area contributed by atoms with E-state index in [1.54, 1.807) is 26.4 Å². The maximum absolute atomic E-state index is 11.1. The lowest BCUT2D eigenvalue weighted by molar-refractivity contribution is 0.109. The fourth-order valence-electron chi connectivity index (χ4n) is 2.72. The van der Waals surface area contributed by atoms with Crippen LogP contribution in [0.25, 0.3) is 24.3 Å². The van der Waals surface area contributed by atoms with Crippen molar-refractivity contribution in [3.05, 3.63) is 57.6 Å². The molecule has 4 nitrogen and oxygen atoms in total. The fourth-order valence-corrected chi connectivity index (χ4v) is 2.72. The van der Waals surface area contributed by atoms with E-state index in [2.05, 4.69) is 0 Å². The molecule has 3 rings (SSSR count). The van der Waals surface area contributed by atoms with Crippen LogP contribution in [-0.4, -0.2) is 26.8 Å². The van der Waals surface area contributed by atoms with E-state index in [0.29, 0.717) is 35.2 Å². The Kier molecular flexibility index (Phi) is 4.29. The second-order valence-electron chi connectivity index (χ2n) is 5.35. The molecule has 0 saturated heterocycles. The van der Waals surface area contributed by atoms with Gasteiger partial charge in [-0.3, -0.25) is 9.59 Å². The number of hydrogen-bond acceptors (Lipinski definition) is 4. The zero-order valence-electron chi connectivity index (χ0n) is 13.4. The molecule has 0 heterocycles. The molecular weight excluding hydrogens is 304 g/mol. The van der Waals surface area contributed by atoms with Crippen LogP contribution in [0.15, 0.2) is 24.3 Å². The molecule has 2 aromatic carbocycles. The molecule has 1 aliphatic rings. The van der Waals surface area contributed by atoms with Gasteiger partial charge in [-0.25, -0.2) is 0 Å². The van der Waals surface area contributed by atoms with Crippen LogP contribution in [0.2, 0.25) is 0 Å². The second-order valence-corrected chi connectivity index (χ2v) is 5.35. The molecular formula is C20H16O4. The van der Waals surface area contributed by atoms with Gasteiger partial charge in [0, 0.05) is 11.1 Å². The van der Waals surface area contributed by atoms with Crippen molar-refractivity contribution >= 4 is 36.9 Å². The van der Waals surface area contributed by atoms with Crippen LogP contribution in [0, 0.1) is 0 Å². The Morgan fingerprint density at radius 3 is 1.25 bits per heavy atom. The predicted octanol–water partition coefficient (Wildman–Crippen LogP) is 3.98. The maximum atomic E-state index is 11.1. The number of carbonyl (C=O) groups excluding carboxylic acids is 2. The SMILES string of the molecule is COc1cc2c(cc1OC)/C=C\c1cc(C=O)c(C=O)cc1/C=C\2. The minimum Gasteiger partial charge on any atom is -0.493 e. The molecule has 2 aromatic rings. The summed E-state index contributed by atoms with van der Waals surface area (Å²) in [5, 5.41) is 0. The molecule has 0 bridgehead atoms. The third-order valence-electron chi connectivity index (χ3n) is 4.02. The quantitative estimate of drug-likeness (QED) is 0.682. The highest BCUT2D eigenvalue weighted by atomic mass is 16.5. The Bertz CT molecular complexity index is 804. The van der Waals surface area contributed by atoms with E-state index in [1.807, 2.05) is 36.4 Å². The minimum atomic E-state index is 0.384. The molecule has 4 heteroatoms. The van der Waals surface area contributed by atoms with Crippen LogP contribution in [0.3, 0.4) is 0 Å². The lowest BCUT2D eigenvalue weighted by Crippen LogP contribution is -1.97. The average molecular weight is 320 g/mol. The minimum absolute atomic E-state index is 0.384. The fraction of sp³-hybridized carbons (Fsp3) is 0.100. The number of fused-ring (bicyclic) bond motifs is 2. The molecule has 0 radical (unpaired) electrons.